The lowest BCUT2D eigenvalue weighted by Crippen LogP contribution is -2.04. The lowest BCUT2D eigenvalue weighted by molar-refractivity contribution is 0.606. The highest BCUT2D eigenvalue weighted by Gasteiger charge is 2.16. The highest BCUT2D eigenvalue weighted by atomic mass is 19.1. The molecule has 1 heterocycles. The number of rotatable bonds is 2. The molecule has 0 saturated carbocycles. The van der Waals surface area contributed by atoms with Gasteiger partial charge in [0.2, 0.25) is 0 Å². The molecule has 0 aliphatic carbocycles. The average Bonchev–Trinajstić information content (AvgIpc) is 2.91. The van der Waals surface area contributed by atoms with Gasteiger partial charge in [-0.2, -0.15) is 4.68 Å². The Labute approximate surface area is 121 Å². The first-order chi connectivity index (χ1) is 10.1. The number of halogens is 1. The van der Waals surface area contributed by atoms with Gasteiger partial charge in [-0.25, -0.2) is 4.39 Å². The van der Waals surface area contributed by atoms with E-state index in [1.54, 1.807) is 6.07 Å². The van der Waals surface area contributed by atoms with E-state index in [0.717, 1.165) is 11.1 Å². The van der Waals surface area contributed by atoms with Gasteiger partial charge in [-0.15, -0.1) is 5.10 Å². The first-order valence-electron chi connectivity index (χ1n) is 6.48. The molecule has 3 aromatic rings. The molecule has 0 fully saturated rings. The summed E-state index contributed by atoms with van der Waals surface area (Å²) in [5, 5.41) is 11.5. The maximum atomic E-state index is 14.1. The Bertz CT molecular complexity index is 810. The van der Waals surface area contributed by atoms with Crippen LogP contribution in [0.2, 0.25) is 0 Å². The van der Waals surface area contributed by atoms with Crippen LogP contribution in [0.15, 0.2) is 36.4 Å². The number of para-hydroxylation sites is 1. The van der Waals surface area contributed by atoms with Crippen LogP contribution in [-0.2, 0) is 0 Å². The van der Waals surface area contributed by atoms with Crippen LogP contribution in [0.25, 0.3) is 17.1 Å². The zero-order chi connectivity index (χ0) is 15.0. The smallest absolute Gasteiger partial charge is 0.189 e. The second-order valence-corrected chi connectivity index (χ2v) is 4.91. The van der Waals surface area contributed by atoms with E-state index in [1.165, 1.54) is 10.7 Å². The number of aromatic nitrogens is 4. The zero-order valence-electron chi connectivity index (χ0n) is 11.7. The van der Waals surface area contributed by atoms with Gasteiger partial charge < -0.3 is 5.73 Å². The fraction of sp³-hybridized carbons (Fsp3) is 0.133. The van der Waals surface area contributed by atoms with Gasteiger partial charge in [-0.3, -0.25) is 0 Å². The summed E-state index contributed by atoms with van der Waals surface area (Å²) in [6.07, 6.45) is 0. The fourth-order valence-electron chi connectivity index (χ4n) is 2.18. The third-order valence-electron chi connectivity index (χ3n) is 3.37. The molecule has 0 atom stereocenters. The molecule has 0 aliphatic heterocycles. The molecule has 0 aliphatic rings. The topological polar surface area (TPSA) is 69.6 Å². The molecule has 3 rings (SSSR count). The average molecular weight is 283 g/mol. The van der Waals surface area contributed by atoms with Crippen LogP contribution < -0.4 is 5.73 Å². The lowest BCUT2D eigenvalue weighted by atomic mass is 10.1. The van der Waals surface area contributed by atoms with Crippen LogP contribution in [0.1, 0.15) is 11.1 Å². The molecule has 0 unspecified atom stereocenters. The summed E-state index contributed by atoms with van der Waals surface area (Å²) in [6, 6.07) is 10.5. The summed E-state index contributed by atoms with van der Waals surface area (Å²) in [6.45, 7) is 3.73. The molecule has 0 spiro atoms. The van der Waals surface area contributed by atoms with Gasteiger partial charge in [0.15, 0.2) is 5.82 Å². The number of nitrogen functional groups attached to an aromatic ring is 1. The third-order valence-corrected chi connectivity index (χ3v) is 3.37. The Morgan fingerprint density at radius 1 is 1.14 bits per heavy atom. The Balaban J connectivity index is 2.20. The van der Waals surface area contributed by atoms with Gasteiger partial charge in [0, 0.05) is 11.3 Å². The summed E-state index contributed by atoms with van der Waals surface area (Å²) in [4.78, 5) is 0. The molecular weight excluding hydrogens is 269 g/mol. The molecule has 0 amide bonds. The second-order valence-electron chi connectivity index (χ2n) is 4.91. The molecule has 0 saturated heterocycles. The predicted molar refractivity (Wildman–Crippen MR) is 78.4 cm³/mol. The largest absolute Gasteiger partial charge is 0.398 e. The van der Waals surface area contributed by atoms with Crippen LogP contribution in [0.4, 0.5) is 10.1 Å². The number of nitrogens with two attached hydrogens (primary N) is 1. The molecular formula is C15H14FN5. The first kappa shape index (κ1) is 13.2. The van der Waals surface area contributed by atoms with E-state index >= 15 is 0 Å². The zero-order valence-corrected chi connectivity index (χ0v) is 11.7. The van der Waals surface area contributed by atoms with E-state index in [-0.39, 0.29) is 5.82 Å². The minimum Gasteiger partial charge on any atom is -0.398 e. The van der Waals surface area contributed by atoms with Gasteiger partial charge in [0.25, 0.3) is 0 Å². The highest BCUT2D eigenvalue weighted by molar-refractivity contribution is 5.74. The summed E-state index contributed by atoms with van der Waals surface area (Å²) >= 11 is 0. The van der Waals surface area contributed by atoms with Gasteiger partial charge >= 0.3 is 0 Å². The van der Waals surface area contributed by atoms with E-state index < -0.39 is 0 Å². The Morgan fingerprint density at radius 3 is 2.71 bits per heavy atom. The van der Waals surface area contributed by atoms with E-state index in [0.29, 0.717) is 22.8 Å². The molecule has 21 heavy (non-hydrogen) atoms. The predicted octanol–water partition coefficient (Wildman–Crippen LogP) is 2.67. The molecule has 106 valence electrons. The molecule has 1 aromatic heterocycles. The van der Waals surface area contributed by atoms with Crippen molar-refractivity contribution >= 4 is 5.69 Å². The van der Waals surface area contributed by atoms with Gasteiger partial charge in [0.05, 0.1) is 0 Å². The van der Waals surface area contributed by atoms with E-state index in [4.69, 9.17) is 5.73 Å². The number of hydrogen-bond acceptors (Lipinski definition) is 4. The van der Waals surface area contributed by atoms with Crippen molar-refractivity contribution < 1.29 is 4.39 Å². The minimum absolute atomic E-state index is 0.293. The number of anilines is 1. The SMILES string of the molecule is Cc1ccc(-n2nnnc2-c2cccc(C)c2N)c(F)c1. The van der Waals surface area contributed by atoms with Crippen molar-refractivity contribution in [2.45, 2.75) is 13.8 Å². The number of hydrogen-bond donors (Lipinski definition) is 1. The molecule has 2 N–H and O–H groups in total. The van der Waals surface area contributed by atoms with Gasteiger partial charge in [-0.1, -0.05) is 18.2 Å². The standard InChI is InChI=1S/C15H14FN5/c1-9-6-7-13(12(16)8-9)21-15(18-19-20-21)11-5-3-4-10(2)14(11)17/h3-8H,17H2,1-2H3. The van der Waals surface area contributed by atoms with Gasteiger partial charge in [0.1, 0.15) is 11.5 Å². The number of aryl methyl sites for hydroxylation is 2. The van der Waals surface area contributed by atoms with E-state index in [1.807, 2.05) is 38.1 Å². The van der Waals surface area contributed by atoms with Crippen molar-refractivity contribution in [3.05, 3.63) is 53.3 Å². The van der Waals surface area contributed by atoms with Crippen LogP contribution >= 0.6 is 0 Å². The van der Waals surface area contributed by atoms with Crippen molar-refractivity contribution in [1.29, 1.82) is 0 Å². The first-order valence-corrected chi connectivity index (χ1v) is 6.48. The highest BCUT2D eigenvalue weighted by Crippen LogP contribution is 2.28. The van der Waals surface area contributed by atoms with Crippen molar-refractivity contribution in [1.82, 2.24) is 20.2 Å². The van der Waals surface area contributed by atoms with Crippen LogP contribution in [0.5, 0.6) is 0 Å². The quantitative estimate of drug-likeness (QED) is 0.734. The van der Waals surface area contributed by atoms with Crippen molar-refractivity contribution in [2.75, 3.05) is 5.73 Å². The van der Waals surface area contributed by atoms with Gasteiger partial charge in [-0.05, 0) is 53.6 Å². The van der Waals surface area contributed by atoms with E-state index in [2.05, 4.69) is 15.5 Å². The van der Waals surface area contributed by atoms with Crippen LogP contribution in [0.3, 0.4) is 0 Å². The van der Waals surface area contributed by atoms with Crippen molar-refractivity contribution in [2.24, 2.45) is 0 Å². The Morgan fingerprint density at radius 2 is 1.95 bits per heavy atom. The Hall–Kier alpha value is -2.76. The number of nitrogens with zero attached hydrogens (tertiary/aromatic N) is 4. The monoisotopic (exact) mass is 283 g/mol. The normalized spacial score (nSPS) is 10.8. The molecule has 5 nitrogen and oxygen atoms in total. The number of tetrazole rings is 1. The third kappa shape index (κ3) is 2.24. The number of benzene rings is 2. The maximum Gasteiger partial charge on any atom is 0.189 e. The van der Waals surface area contributed by atoms with Crippen LogP contribution in [0, 0.1) is 19.7 Å². The van der Waals surface area contributed by atoms with E-state index in [9.17, 15) is 4.39 Å². The second kappa shape index (κ2) is 4.97. The summed E-state index contributed by atoms with van der Waals surface area (Å²) in [7, 11) is 0. The molecule has 2 aromatic carbocycles. The lowest BCUT2D eigenvalue weighted by Gasteiger charge is -2.09. The Kier molecular flexibility index (Phi) is 3.13. The maximum absolute atomic E-state index is 14.1. The summed E-state index contributed by atoms with van der Waals surface area (Å²) in [5.41, 5.74) is 9.40. The molecule has 0 radical (unpaired) electrons. The minimum atomic E-state index is -0.380. The van der Waals surface area contributed by atoms with Crippen LogP contribution in [-0.4, -0.2) is 20.2 Å². The summed E-state index contributed by atoms with van der Waals surface area (Å²) < 4.78 is 15.5. The van der Waals surface area contributed by atoms with Crippen molar-refractivity contribution in [3.63, 3.8) is 0 Å². The summed E-state index contributed by atoms with van der Waals surface area (Å²) in [5.74, 6) is 0.0359. The molecule has 0 bridgehead atoms. The fourth-order valence-corrected chi connectivity index (χ4v) is 2.18. The molecule has 6 heteroatoms. The van der Waals surface area contributed by atoms with Crippen molar-refractivity contribution in [3.8, 4) is 17.1 Å².